The minimum atomic E-state index is -1.24. The van der Waals surface area contributed by atoms with Crippen LogP contribution >= 0.6 is 12.6 Å². The van der Waals surface area contributed by atoms with Crippen molar-refractivity contribution < 1.29 is 24.3 Å². The van der Waals surface area contributed by atoms with Crippen LogP contribution in [0.4, 0.5) is 0 Å². The summed E-state index contributed by atoms with van der Waals surface area (Å²) in [6, 6.07) is -1.98. The average Bonchev–Trinajstić information content (AvgIpc) is 2.58. The predicted octanol–water partition coefficient (Wildman–Crippen LogP) is -3.90. The number of thiol groups is 1. The summed E-state index contributed by atoms with van der Waals surface area (Å²) in [6.45, 7) is -0.470. The molecule has 0 spiro atoms. The second-order valence-corrected chi connectivity index (χ2v) is 5.56. The second-order valence-electron chi connectivity index (χ2n) is 5.19. The monoisotopic (exact) mass is 391 g/mol. The molecule has 2 unspecified atom stereocenters. The molecule has 0 aromatic heterocycles. The molecule has 0 aromatic rings. The van der Waals surface area contributed by atoms with Gasteiger partial charge in [-0.15, -0.1) is 0 Å². The zero-order valence-electron chi connectivity index (χ0n) is 14.1. The summed E-state index contributed by atoms with van der Waals surface area (Å²) in [5.41, 5.74) is 16.0. The maximum atomic E-state index is 11.7. The highest BCUT2D eigenvalue weighted by molar-refractivity contribution is 7.80. The fourth-order valence-corrected chi connectivity index (χ4v) is 1.87. The zero-order chi connectivity index (χ0) is 20.1. The number of nitrogens with one attached hydrogen (secondary N) is 3. The smallest absolute Gasteiger partial charge is 0.327 e. The number of carbonyl (C=O) groups excluding carboxylic acids is 3. The number of hydrogen-bond donors (Lipinski definition) is 8. The summed E-state index contributed by atoms with van der Waals surface area (Å²) in [5, 5.41) is 15.5. The minimum Gasteiger partial charge on any atom is -0.480 e. The van der Waals surface area contributed by atoms with E-state index in [2.05, 4.69) is 33.6 Å². The van der Waals surface area contributed by atoms with Crippen molar-refractivity contribution in [2.75, 3.05) is 25.4 Å². The molecule has 0 aromatic carbocycles. The summed E-state index contributed by atoms with van der Waals surface area (Å²) in [6.07, 6.45) is 0.821. The third-order valence-corrected chi connectivity index (χ3v) is 3.35. The summed E-state index contributed by atoms with van der Waals surface area (Å²) < 4.78 is 0. The van der Waals surface area contributed by atoms with Crippen molar-refractivity contribution in [1.82, 2.24) is 16.0 Å². The molecular formula is C13H25N7O5S. The number of aliphatic carboxylic acids is 1. The molecule has 26 heavy (non-hydrogen) atoms. The summed E-state index contributed by atoms with van der Waals surface area (Å²) in [4.78, 5) is 49.3. The first-order valence-corrected chi connectivity index (χ1v) is 8.29. The van der Waals surface area contributed by atoms with Crippen molar-refractivity contribution in [3.05, 3.63) is 0 Å². The maximum absolute atomic E-state index is 11.7. The lowest BCUT2D eigenvalue weighted by Crippen LogP contribution is -2.49. The molecule has 10 N–H and O–H groups in total. The van der Waals surface area contributed by atoms with E-state index in [1.165, 1.54) is 0 Å². The van der Waals surface area contributed by atoms with Gasteiger partial charge in [0.2, 0.25) is 17.7 Å². The molecule has 0 fully saturated rings. The molecule has 148 valence electrons. The Bertz CT molecular complexity index is 539. The topological polar surface area (TPSA) is 215 Å². The Morgan fingerprint density at radius 2 is 1.69 bits per heavy atom. The molecule has 3 amide bonds. The van der Waals surface area contributed by atoms with E-state index in [9.17, 15) is 19.2 Å². The fourth-order valence-electron chi connectivity index (χ4n) is 1.62. The van der Waals surface area contributed by atoms with Gasteiger partial charge >= 0.3 is 5.97 Å². The highest BCUT2D eigenvalue weighted by Crippen LogP contribution is 1.95. The lowest BCUT2D eigenvalue weighted by molar-refractivity contribution is -0.141. The van der Waals surface area contributed by atoms with Gasteiger partial charge in [-0.3, -0.25) is 19.4 Å². The Morgan fingerprint density at radius 3 is 2.23 bits per heavy atom. The van der Waals surface area contributed by atoms with E-state index in [-0.39, 0.29) is 18.3 Å². The van der Waals surface area contributed by atoms with Crippen LogP contribution in [0.5, 0.6) is 0 Å². The molecule has 0 radical (unpaired) electrons. The minimum absolute atomic E-state index is 0.0484. The molecule has 0 aliphatic heterocycles. The third-order valence-electron chi connectivity index (χ3n) is 2.99. The van der Waals surface area contributed by atoms with Crippen molar-refractivity contribution in [3.63, 3.8) is 0 Å². The molecule has 0 heterocycles. The lowest BCUT2D eigenvalue weighted by atomic mass is 10.1. The van der Waals surface area contributed by atoms with Crippen molar-refractivity contribution in [2.45, 2.75) is 24.9 Å². The van der Waals surface area contributed by atoms with Crippen LogP contribution in [-0.4, -0.2) is 72.2 Å². The van der Waals surface area contributed by atoms with Crippen molar-refractivity contribution in [1.29, 1.82) is 0 Å². The van der Waals surface area contributed by atoms with Crippen molar-refractivity contribution >= 4 is 42.3 Å². The third kappa shape index (κ3) is 11.1. The number of carboxylic acids is 1. The Hall–Kier alpha value is -2.54. The number of hydrogen-bond acceptors (Lipinski definition) is 7. The van der Waals surface area contributed by atoms with E-state index in [0.29, 0.717) is 19.4 Å². The van der Waals surface area contributed by atoms with Gasteiger partial charge in [-0.25, -0.2) is 4.79 Å². The molecule has 2 atom stereocenters. The number of amides is 3. The van der Waals surface area contributed by atoms with Crippen LogP contribution in [0.3, 0.4) is 0 Å². The molecule has 13 heteroatoms. The number of aliphatic imine (C=N–C) groups is 1. The Morgan fingerprint density at radius 1 is 1.08 bits per heavy atom. The second kappa shape index (κ2) is 12.8. The molecule has 0 aliphatic rings. The first kappa shape index (κ1) is 23.5. The Labute approximate surface area is 155 Å². The van der Waals surface area contributed by atoms with E-state index in [1.807, 2.05) is 0 Å². The first-order chi connectivity index (χ1) is 12.2. The highest BCUT2D eigenvalue weighted by atomic mass is 32.1. The van der Waals surface area contributed by atoms with Gasteiger partial charge < -0.3 is 38.3 Å². The van der Waals surface area contributed by atoms with Crippen LogP contribution in [0, 0.1) is 0 Å². The number of rotatable bonds is 12. The molecule has 0 saturated carbocycles. The van der Waals surface area contributed by atoms with Gasteiger partial charge in [-0.2, -0.15) is 12.6 Å². The van der Waals surface area contributed by atoms with Gasteiger partial charge in [0, 0.05) is 12.3 Å². The van der Waals surface area contributed by atoms with Gasteiger partial charge in [-0.1, -0.05) is 0 Å². The average molecular weight is 391 g/mol. The Kier molecular flexibility index (Phi) is 11.5. The number of guanidine groups is 1. The summed E-state index contributed by atoms with van der Waals surface area (Å²) in [5.74, 6) is -3.23. The van der Waals surface area contributed by atoms with Gasteiger partial charge in [-0.05, 0) is 12.8 Å². The quantitative estimate of drug-likeness (QED) is 0.0710. The van der Waals surface area contributed by atoms with Gasteiger partial charge in [0.15, 0.2) is 5.96 Å². The molecule has 0 saturated heterocycles. The van der Waals surface area contributed by atoms with Crippen LogP contribution in [0.15, 0.2) is 4.99 Å². The number of carbonyl (C=O) groups is 4. The normalized spacial score (nSPS) is 12.4. The van der Waals surface area contributed by atoms with Crippen LogP contribution in [0.2, 0.25) is 0 Å². The fraction of sp³-hybridized carbons (Fsp3) is 0.615. The van der Waals surface area contributed by atoms with Crippen LogP contribution in [-0.2, 0) is 19.2 Å². The number of nitrogens with zero attached hydrogens (tertiary/aromatic N) is 1. The molecule has 12 nitrogen and oxygen atoms in total. The molecule has 0 rings (SSSR count). The number of nitrogens with two attached hydrogens (primary N) is 3. The van der Waals surface area contributed by atoms with Gasteiger partial charge in [0.05, 0.1) is 19.1 Å². The predicted molar refractivity (Wildman–Crippen MR) is 97.3 cm³/mol. The summed E-state index contributed by atoms with van der Waals surface area (Å²) >= 11 is 3.79. The van der Waals surface area contributed by atoms with Crippen LogP contribution in [0.25, 0.3) is 0 Å². The van der Waals surface area contributed by atoms with Crippen LogP contribution in [0.1, 0.15) is 12.8 Å². The van der Waals surface area contributed by atoms with Crippen LogP contribution < -0.4 is 33.2 Å². The van der Waals surface area contributed by atoms with Gasteiger partial charge in [0.1, 0.15) is 6.04 Å². The van der Waals surface area contributed by atoms with E-state index >= 15 is 0 Å². The van der Waals surface area contributed by atoms with E-state index in [1.54, 1.807) is 0 Å². The lowest BCUT2D eigenvalue weighted by Gasteiger charge is -2.13. The molecule has 0 bridgehead atoms. The van der Waals surface area contributed by atoms with Crippen molar-refractivity contribution in [2.24, 2.45) is 22.2 Å². The first-order valence-electron chi connectivity index (χ1n) is 7.65. The SMILES string of the molecule is NC(N)=NCCCC(N)C(=O)NCC(=O)NCC(=O)NC(CS)C(=O)O. The Balaban J connectivity index is 4.03. The van der Waals surface area contributed by atoms with E-state index in [4.69, 9.17) is 22.3 Å². The molecular weight excluding hydrogens is 366 g/mol. The van der Waals surface area contributed by atoms with E-state index in [0.717, 1.165) is 0 Å². The van der Waals surface area contributed by atoms with Crippen molar-refractivity contribution in [3.8, 4) is 0 Å². The van der Waals surface area contributed by atoms with E-state index < -0.39 is 42.3 Å². The number of carboxylic acid groups (broad SMARTS) is 1. The largest absolute Gasteiger partial charge is 0.480 e. The standard InChI is InChI=1S/C13H25N7O5S/c14-7(2-1-3-17-13(15)16)11(23)19-4-9(21)18-5-10(22)20-8(6-26)12(24)25/h7-8,26H,1-6,14H2,(H,18,21)(H,19,23)(H,20,22)(H,24,25)(H4,15,16,17). The molecule has 0 aliphatic carbocycles. The van der Waals surface area contributed by atoms with Gasteiger partial charge in [0.25, 0.3) is 0 Å². The zero-order valence-corrected chi connectivity index (χ0v) is 15.0. The highest BCUT2D eigenvalue weighted by Gasteiger charge is 2.18. The maximum Gasteiger partial charge on any atom is 0.327 e. The summed E-state index contributed by atoms with van der Waals surface area (Å²) in [7, 11) is 0.